The van der Waals surface area contributed by atoms with Gasteiger partial charge in [-0.25, -0.2) is 4.79 Å². The number of aliphatic carboxylic acids is 1. The first-order valence-electron chi connectivity index (χ1n) is 5.14. The van der Waals surface area contributed by atoms with Gasteiger partial charge in [0.1, 0.15) is 0 Å². The molecule has 2 fully saturated rings. The Morgan fingerprint density at radius 1 is 1.44 bits per heavy atom. The van der Waals surface area contributed by atoms with Crippen molar-refractivity contribution in [2.24, 2.45) is 11.8 Å². The van der Waals surface area contributed by atoms with Crippen molar-refractivity contribution in [3.63, 3.8) is 0 Å². The highest BCUT2D eigenvalue weighted by Gasteiger charge is 2.64. The van der Waals surface area contributed by atoms with Crippen LogP contribution in [-0.2, 0) is 14.4 Å². The molecular weight excluding hydrogens is 214 g/mol. The molecule has 0 aromatic carbocycles. The molecule has 2 saturated heterocycles. The van der Waals surface area contributed by atoms with E-state index in [0.29, 0.717) is 0 Å². The fourth-order valence-corrected chi connectivity index (χ4v) is 2.69. The number of aliphatic hydroxyl groups is 1. The number of fused-ring (bicyclic) bond motifs is 1. The number of hydrogen-bond acceptors (Lipinski definition) is 4. The van der Waals surface area contributed by atoms with Crippen molar-refractivity contribution in [1.82, 2.24) is 4.90 Å². The van der Waals surface area contributed by atoms with Crippen molar-refractivity contribution in [3.8, 4) is 0 Å². The van der Waals surface area contributed by atoms with E-state index in [0.717, 1.165) is 4.90 Å². The number of nitrogens with zero attached hydrogens (tertiary/aromatic N) is 1. The molecule has 1 unspecified atom stereocenters. The van der Waals surface area contributed by atoms with Crippen molar-refractivity contribution >= 4 is 17.7 Å². The van der Waals surface area contributed by atoms with Crippen molar-refractivity contribution in [3.05, 3.63) is 0 Å². The molecule has 0 aromatic rings. The highest BCUT2D eigenvalue weighted by Crippen LogP contribution is 2.42. The van der Waals surface area contributed by atoms with E-state index in [1.54, 1.807) is 6.92 Å². The molecule has 0 saturated carbocycles. The minimum atomic E-state index is -1.36. The fraction of sp³-hybridized carbons (Fsp3) is 0.700. The average Bonchev–Trinajstić information content (AvgIpc) is 2.38. The van der Waals surface area contributed by atoms with Crippen LogP contribution < -0.4 is 0 Å². The molecule has 6 heteroatoms. The summed E-state index contributed by atoms with van der Waals surface area (Å²) in [4.78, 5) is 35.3. The van der Waals surface area contributed by atoms with Gasteiger partial charge in [-0.15, -0.1) is 0 Å². The molecular formula is C10H13NO5. The van der Waals surface area contributed by atoms with Crippen molar-refractivity contribution in [1.29, 1.82) is 0 Å². The number of amides is 1. The maximum absolute atomic E-state index is 11.7. The number of carbonyl (C=O) groups excluding carboxylic acids is 2. The molecule has 2 aliphatic heterocycles. The first-order valence-corrected chi connectivity index (χ1v) is 5.14. The van der Waals surface area contributed by atoms with Crippen LogP contribution in [0.5, 0.6) is 0 Å². The summed E-state index contributed by atoms with van der Waals surface area (Å²) >= 11 is 0. The second-order valence-electron chi connectivity index (χ2n) is 4.43. The Morgan fingerprint density at radius 2 is 2.00 bits per heavy atom. The summed E-state index contributed by atoms with van der Waals surface area (Å²) < 4.78 is 0. The van der Waals surface area contributed by atoms with Crippen LogP contribution in [0.3, 0.4) is 0 Å². The summed E-state index contributed by atoms with van der Waals surface area (Å²) in [5.74, 6) is -3.34. The van der Waals surface area contributed by atoms with Gasteiger partial charge in [-0.1, -0.05) is 6.92 Å². The Balaban J connectivity index is 2.32. The first kappa shape index (κ1) is 11.1. The van der Waals surface area contributed by atoms with E-state index in [1.165, 1.54) is 6.92 Å². The molecule has 5 atom stereocenters. The van der Waals surface area contributed by atoms with E-state index in [1.807, 2.05) is 0 Å². The quantitative estimate of drug-likeness (QED) is 0.459. The molecule has 0 aliphatic carbocycles. The van der Waals surface area contributed by atoms with Gasteiger partial charge in [0.25, 0.3) is 0 Å². The summed E-state index contributed by atoms with van der Waals surface area (Å²) in [5.41, 5.74) is 0. The van der Waals surface area contributed by atoms with Gasteiger partial charge >= 0.3 is 5.97 Å². The molecule has 0 bridgehead atoms. The van der Waals surface area contributed by atoms with Crippen LogP contribution in [0.4, 0.5) is 0 Å². The molecule has 2 N–H and O–H groups in total. The predicted octanol–water partition coefficient (Wildman–Crippen LogP) is -1.13. The van der Waals surface area contributed by atoms with E-state index >= 15 is 0 Å². The van der Waals surface area contributed by atoms with Crippen LogP contribution in [0.2, 0.25) is 0 Å². The van der Waals surface area contributed by atoms with Crippen molar-refractivity contribution in [2.45, 2.75) is 32.0 Å². The Labute approximate surface area is 91.8 Å². The van der Waals surface area contributed by atoms with E-state index < -0.39 is 47.7 Å². The molecule has 2 aliphatic rings. The van der Waals surface area contributed by atoms with Crippen LogP contribution in [0.15, 0.2) is 0 Å². The van der Waals surface area contributed by atoms with Gasteiger partial charge < -0.3 is 15.1 Å². The van der Waals surface area contributed by atoms with Crippen LogP contribution in [-0.4, -0.2) is 51.0 Å². The van der Waals surface area contributed by atoms with E-state index in [9.17, 15) is 19.5 Å². The average molecular weight is 227 g/mol. The molecule has 88 valence electrons. The monoisotopic (exact) mass is 227 g/mol. The van der Waals surface area contributed by atoms with Crippen molar-refractivity contribution in [2.75, 3.05) is 0 Å². The Kier molecular flexibility index (Phi) is 2.27. The lowest BCUT2D eigenvalue weighted by atomic mass is 9.79. The Hall–Kier alpha value is -1.43. The van der Waals surface area contributed by atoms with Crippen LogP contribution in [0.1, 0.15) is 13.8 Å². The minimum Gasteiger partial charge on any atom is -0.479 e. The molecule has 6 nitrogen and oxygen atoms in total. The van der Waals surface area contributed by atoms with E-state index in [4.69, 9.17) is 5.11 Å². The third-order valence-electron chi connectivity index (χ3n) is 3.49. The molecule has 0 spiro atoms. The lowest BCUT2D eigenvalue weighted by molar-refractivity contribution is -0.171. The van der Waals surface area contributed by atoms with Crippen LogP contribution in [0, 0.1) is 11.8 Å². The first-order chi connectivity index (χ1) is 7.37. The lowest BCUT2D eigenvalue weighted by Crippen LogP contribution is -2.65. The van der Waals surface area contributed by atoms with Gasteiger partial charge in [0, 0.05) is 5.92 Å². The highest BCUT2D eigenvalue weighted by atomic mass is 16.4. The maximum Gasteiger partial charge on any atom is 0.334 e. The Morgan fingerprint density at radius 3 is 2.44 bits per heavy atom. The van der Waals surface area contributed by atoms with Gasteiger partial charge in [-0.3, -0.25) is 9.59 Å². The zero-order valence-corrected chi connectivity index (χ0v) is 8.95. The second kappa shape index (κ2) is 3.28. The number of ketones is 1. The van der Waals surface area contributed by atoms with Gasteiger partial charge in [0.05, 0.1) is 18.1 Å². The summed E-state index contributed by atoms with van der Waals surface area (Å²) in [6, 6.07) is -1.82. The smallest absolute Gasteiger partial charge is 0.334 e. The third kappa shape index (κ3) is 1.13. The standard InChI is InChI=1S/C10H13NO5/c1-3-6-5(4(2)12)9(14)11(6)7(8(3)13)10(15)16/h3-7,12H,1-2H3,(H,15,16)/t3-,4+,5+,6-,7?/m0/s1. The summed E-state index contributed by atoms with van der Waals surface area (Å²) in [7, 11) is 0. The number of hydrogen-bond donors (Lipinski definition) is 2. The number of carboxylic acid groups (broad SMARTS) is 1. The number of rotatable bonds is 2. The largest absolute Gasteiger partial charge is 0.479 e. The summed E-state index contributed by atoms with van der Waals surface area (Å²) in [5, 5.41) is 18.3. The third-order valence-corrected chi connectivity index (χ3v) is 3.49. The second-order valence-corrected chi connectivity index (χ2v) is 4.43. The maximum atomic E-state index is 11.7. The van der Waals surface area contributed by atoms with Crippen LogP contribution >= 0.6 is 0 Å². The van der Waals surface area contributed by atoms with Gasteiger partial charge in [-0.05, 0) is 6.92 Å². The predicted molar refractivity (Wildman–Crippen MR) is 51.4 cm³/mol. The number of carbonyl (C=O) groups is 3. The molecule has 2 heterocycles. The van der Waals surface area contributed by atoms with Gasteiger partial charge in [0.2, 0.25) is 5.91 Å². The zero-order valence-electron chi connectivity index (χ0n) is 8.95. The van der Waals surface area contributed by atoms with Gasteiger partial charge in [-0.2, -0.15) is 0 Å². The normalized spacial score (nSPS) is 39.3. The van der Waals surface area contributed by atoms with Crippen molar-refractivity contribution < 1.29 is 24.6 Å². The number of β-lactam (4-membered cyclic amide) rings is 1. The van der Waals surface area contributed by atoms with Crippen LogP contribution in [0.25, 0.3) is 0 Å². The fourth-order valence-electron chi connectivity index (χ4n) is 2.69. The topological polar surface area (TPSA) is 94.9 Å². The molecule has 1 amide bonds. The van der Waals surface area contributed by atoms with E-state index in [2.05, 4.69) is 0 Å². The number of aliphatic hydroxyl groups excluding tert-OH is 1. The van der Waals surface area contributed by atoms with Gasteiger partial charge in [0.15, 0.2) is 11.8 Å². The highest BCUT2D eigenvalue weighted by molar-refractivity contribution is 6.11. The molecule has 16 heavy (non-hydrogen) atoms. The Bertz CT molecular complexity index is 377. The SMILES string of the molecule is C[C@@H]1C(=O)C(C(=O)O)N2C(=O)[C@H]([C@@H](C)O)[C@H]12. The number of Topliss-reactive ketones (excluding diaryl/α,β-unsaturated/α-hetero) is 1. The lowest BCUT2D eigenvalue weighted by Gasteiger charge is -2.46. The van der Waals surface area contributed by atoms with E-state index in [-0.39, 0.29) is 0 Å². The molecule has 0 radical (unpaired) electrons. The number of carboxylic acids is 1. The molecule has 2 rings (SSSR count). The summed E-state index contributed by atoms with van der Waals surface area (Å²) in [6.07, 6.45) is -0.850. The zero-order chi connectivity index (χ0) is 12.2. The summed E-state index contributed by atoms with van der Waals surface area (Å²) in [6.45, 7) is 3.08. The molecule has 0 aromatic heterocycles. The minimum absolute atomic E-state index is 0.440.